The van der Waals surface area contributed by atoms with E-state index in [4.69, 9.17) is 28.4 Å². The summed E-state index contributed by atoms with van der Waals surface area (Å²) in [5.74, 6) is -1.67. The van der Waals surface area contributed by atoms with Gasteiger partial charge in [0.25, 0.3) is 0 Å². The number of hydrogen-bond donors (Lipinski definition) is 0. The lowest BCUT2D eigenvalue weighted by Gasteiger charge is -2.19. The van der Waals surface area contributed by atoms with Crippen LogP contribution in [0.15, 0.2) is 0 Å². The molecule has 30 heavy (non-hydrogen) atoms. The summed E-state index contributed by atoms with van der Waals surface area (Å²) in [6, 6.07) is 0. The van der Waals surface area contributed by atoms with Gasteiger partial charge in [-0.2, -0.15) is 0 Å². The largest absolute Gasteiger partial charge is 0.383 e. The minimum absolute atomic E-state index is 0.0399. The van der Waals surface area contributed by atoms with E-state index in [9.17, 15) is 9.59 Å². The van der Waals surface area contributed by atoms with Crippen molar-refractivity contribution in [2.45, 2.75) is 78.2 Å². The zero-order valence-corrected chi connectivity index (χ0v) is 19.4. The molecule has 0 heterocycles. The Labute approximate surface area is 179 Å². The number of methoxy groups -OCH3 is 2. The van der Waals surface area contributed by atoms with E-state index in [1.54, 1.807) is 28.1 Å². The maximum Gasteiger partial charge on any atom is 0.383 e. The number of rotatable bonds is 16. The summed E-state index contributed by atoms with van der Waals surface area (Å²) in [7, 11) is 3.19. The van der Waals surface area contributed by atoms with E-state index in [2.05, 4.69) is 9.78 Å². The molecule has 0 aliphatic heterocycles. The highest BCUT2D eigenvalue weighted by Crippen LogP contribution is 2.04. The van der Waals surface area contributed by atoms with Gasteiger partial charge in [0.15, 0.2) is 12.2 Å². The molecular formula is C20H38O10. The zero-order chi connectivity index (χ0) is 23.1. The van der Waals surface area contributed by atoms with E-state index in [1.165, 1.54) is 13.8 Å². The Balaban J connectivity index is 4.05. The third kappa shape index (κ3) is 13.8. The van der Waals surface area contributed by atoms with Gasteiger partial charge in [-0.3, -0.25) is 0 Å². The van der Waals surface area contributed by atoms with Gasteiger partial charge in [-0.1, -0.05) is 0 Å². The molecule has 6 atom stereocenters. The van der Waals surface area contributed by atoms with Crippen LogP contribution >= 0.6 is 0 Å². The van der Waals surface area contributed by atoms with Gasteiger partial charge in [0.1, 0.15) is 0 Å². The monoisotopic (exact) mass is 438 g/mol. The SMILES string of the molecule is COC(C)COC(C)COC(C)C(=O)OOC(=O)C(C)OCC(C)OCC(C)OC. The van der Waals surface area contributed by atoms with Crippen LogP contribution in [0, 0.1) is 0 Å². The van der Waals surface area contributed by atoms with Gasteiger partial charge in [0.2, 0.25) is 0 Å². The summed E-state index contributed by atoms with van der Waals surface area (Å²) in [6.45, 7) is 11.5. The summed E-state index contributed by atoms with van der Waals surface area (Å²) in [5, 5.41) is 0. The Morgan fingerprint density at radius 3 is 1.13 bits per heavy atom. The summed E-state index contributed by atoms with van der Waals surface area (Å²) in [5.41, 5.74) is 0. The smallest absolute Gasteiger partial charge is 0.379 e. The van der Waals surface area contributed by atoms with Crippen molar-refractivity contribution < 1.29 is 47.8 Å². The highest BCUT2D eigenvalue weighted by Gasteiger charge is 2.23. The van der Waals surface area contributed by atoms with E-state index in [-0.39, 0.29) is 37.6 Å². The predicted octanol–water partition coefficient (Wildman–Crippen LogP) is 1.68. The first-order valence-electron chi connectivity index (χ1n) is 10.0. The van der Waals surface area contributed by atoms with Crippen LogP contribution in [0.5, 0.6) is 0 Å². The van der Waals surface area contributed by atoms with Gasteiger partial charge in [-0.05, 0) is 41.5 Å². The van der Waals surface area contributed by atoms with Crippen molar-refractivity contribution in [3.63, 3.8) is 0 Å². The molecule has 0 aliphatic carbocycles. The lowest BCUT2D eigenvalue weighted by atomic mass is 10.4. The Kier molecular flexibility index (Phi) is 15.7. The average Bonchev–Trinajstić information content (AvgIpc) is 2.75. The van der Waals surface area contributed by atoms with E-state index in [1.807, 2.05) is 13.8 Å². The van der Waals surface area contributed by atoms with Crippen LogP contribution < -0.4 is 0 Å². The van der Waals surface area contributed by atoms with Crippen LogP contribution in [-0.4, -0.2) is 89.2 Å². The predicted molar refractivity (Wildman–Crippen MR) is 107 cm³/mol. The third-order valence-electron chi connectivity index (χ3n) is 4.07. The average molecular weight is 439 g/mol. The van der Waals surface area contributed by atoms with Crippen LogP contribution in [-0.2, 0) is 47.8 Å². The van der Waals surface area contributed by atoms with Gasteiger partial charge in [0.05, 0.1) is 50.8 Å². The van der Waals surface area contributed by atoms with Crippen LogP contribution in [0.25, 0.3) is 0 Å². The fourth-order valence-electron chi connectivity index (χ4n) is 1.75. The topological polar surface area (TPSA) is 108 Å². The van der Waals surface area contributed by atoms with E-state index < -0.39 is 24.1 Å². The number of hydrogen-bond acceptors (Lipinski definition) is 10. The second-order valence-electron chi connectivity index (χ2n) is 7.14. The Morgan fingerprint density at radius 2 is 0.833 bits per heavy atom. The molecule has 0 aliphatic rings. The maximum atomic E-state index is 11.9. The van der Waals surface area contributed by atoms with Crippen LogP contribution in [0.2, 0.25) is 0 Å². The molecule has 0 saturated carbocycles. The van der Waals surface area contributed by atoms with E-state index in [0.717, 1.165) is 0 Å². The van der Waals surface area contributed by atoms with Crippen LogP contribution in [0.4, 0.5) is 0 Å². The van der Waals surface area contributed by atoms with E-state index in [0.29, 0.717) is 13.2 Å². The fourth-order valence-corrected chi connectivity index (χ4v) is 1.75. The van der Waals surface area contributed by atoms with Crippen molar-refractivity contribution >= 4 is 11.9 Å². The molecule has 0 saturated heterocycles. The molecule has 0 bridgehead atoms. The van der Waals surface area contributed by atoms with Gasteiger partial charge in [-0.25, -0.2) is 19.4 Å². The van der Waals surface area contributed by atoms with Crippen molar-refractivity contribution in [3.8, 4) is 0 Å². The zero-order valence-electron chi connectivity index (χ0n) is 19.4. The van der Waals surface area contributed by atoms with Crippen LogP contribution in [0.3, 0.4) is 0 Å². The summed E-state index contributed by atoms with van der Waals surface area (Å²) in [6.07, 6.45) is -2.44. The molecule has 10 heteroatoms. The first-order chi connectivity index (χ1) is 14.1. The van der Waals surface area contributed by atoms with Gasteiger partial charge < -0.3 is 28.4 Å². The standard InChI is InChI=1S/C20H38O10/c1-13(23-7)9-25-15(3)11-27-17(5)19(21)29-30-20(22)18(6)28-12-16(4)26-10-14(2)24-8/h13-18H,9-12H2,1-8H3. The van der Waals surface area contributed by atoms with Crippen molar-refractivity contribution in [1.29, 1.82) is 0 Å². The molecule has 178 valence electrons. The summed E-state index contributed by atoms with van der Waals surface area (Å²) < 4.78 is 31.9. The summed E-state index contributed by atoms with van der Waals surface area (Å²) in [4.78, 5) is 32.8. The Hall–Kier alpha value is -1.30. The number of carbonyl (C=O) groups excluding carboxylic acids is 2. The second kappa shape index (κ2) is 16.4. The molecule has 10 nitrogen and oxygen atoms in total. The molecule has 0 aromatic carbocycles. The van der Waals surface area contributed by atoms with Crippen LogP contribution in [0.1, 0.15) is 41.5 Å². The fraction of sp³-hybridized carbons (Fsp3) is 0.900. The molecule has 0 spiro atoms. The lowest BCUT2D eigenvalue weighted by Crippen LogP contribution is -2.32. The molecular weight excluding hydrogens is 400 g/mol. The number of ether oxygens (including phenoxy) is 6. The van der Waals surface area contributed by atoms with Crippen molar-refractivity contribution in [2.75, 3.05) is 40.6 Å². The highest BCUT2D eigenvalue weighted by atomic mass is 17.2. The highest BCUT2D eigenvalue weighted by molar-refractivity contribution is 5.77. The van der Waals surface area contributed by atoms with E-state index >= 15 is 0 Å². The molecule has 6 unspecified atom stereocenters. The van der Waals surface area contributed by atoms with Crippen molar-refractivity contribution in [2.24, 2.45) is 0 Å². The quantitative estimate of drug-likeness (QED) is 0.261. The summed E-state index contributed by atoms with van der Waals surface area (Å²) >= 11 is 0. The third-order valence-corrected chi connectivity index (χ3v) is 4.07. The number of carbonyl (C=O) groups is 2. The minimum atomic E-state index is -0.934. The van der Waals surface area contributed by atoms with Gasteiger partial charge in [-0.15, -0.1) is 0 Å². The first kappa shape index (κ1) is 28.7. The molecule has 0 N–H and O–H groups in total. The molecule has 0 fully saturated rings. The van der Waals surface area contributed by atoms with Crippen molar-refractivity contribution in [1.82, 2.24) is 0 Å². The molecule has 0 aromatic heterocycles. The molecule has 0 radical (unpaired) electrons. The lowest BCUT2D eigenvalue weighted by molar-refractivity contribution is -0.271. The minimum Gasteiger partial charge on any atom is -0.379 e. The molecule has 0 amide bonds. The Bertz CT molecular complexity index is 431. The van der Waals surface area contributed by atoms with Gasteiger partial charge in [0, 0.05) is 14.2 Å². The molecule has 0 rings (SSSR count). The van der Waals surface area contributed by atoms with Gasteiger partial charge >= 0.3 is 11.9 Å². The Morgan fingerprint density at radius 1 is 0.533 bits per heavy atom. The van der Waals surface area contributed by atoms with Crippen molar-refractivity contribution in [3.05, 3.63) is 0 Å². The first-order valence-corrected chi connectivity index (χ1v) is 10.0. The molecule has 0 aromatic rings. The normalized spacial score (nSPS) is 17.5. The second-order valence-corrected chi connectivity index (χ2v) is 7.14. The maximum absolute atomic E-state index is 11.9.